The quantitative estimate of drug-likeness (QED) is 0.763. The van der Waals surface area contributed by atoms with Crippen LogP contribution in [0, 0.1) is 11.7 Å². The van der Waals surface area contributed by atoms with E-state index in [0.717, 1.165) is 36.9 Å². The summed E-state index contributed by atoms with van der Waals surface area (Å²) < 4.78 is 18.4. The van der Waals surface area contributed by atoms with Gasteiger partial charge in [-0.05, 0) is 61.6 Å². The van der Waals surface area contributed by atoms with Gasteiger partial charge in [-0.2, -0.15) is 0 Å². The lowest BCUT2D eigenvalue weighted by Gasteiger charge is -2.55. The van der Waals surface area contributed by atoms with E-state index in [4.69, 9.17) is 9.84 Å². The number of anilines is 1. The molecule has 0 saturated heterocycles. The minimum absolute atomic E-state index is 0.00921. The van der Waals surface area contributed by atoms with Crippen LogP contribution in [0.3, 0.4) is 0 Å². The van der Waals surface area contributed by atoms with E-state index >= 15 is 0 Å². The summed E-state index contributed by atoms with van der Waals surface area (Å²) >= 11 is 0. The van der Waals surface area contributed by atoms with Crippen molar-refractivity contribution in [3.8, 4) is 0 Å². The van der Waals surface area contributed by atoms with Crippen LogP contribution in [0.4, 0.5) is 14.9 Å². The summed E-state index contributed by atoms with van der Waals surface area (Å²) in [4.78, 5) is 40.7. The van der Waals surface area contributed by atoms with Gasteiger partial charge in [0, 0.05) is 29.3 Å². The average molecular weight is 438 g/mol. The third kappa shape index (κ3) is 3.49. The zero-order chi connectivity index (χ0) is 22.4. The first-order chi connectivity index (χ1) is 15.5. The maximum absolute atomic E-state index is 13.4. The van der Waals surface area contributed by atoms with Crippen molar-refractivity contribution in [1.82, 2.24) is 4.90 Å². The van der Waals surface area contributed by atoms with E-state index < -0.39 is 24.5 Å². The fourth-order valence-electron chi connectivity index (χ4n) is 4.95. The zero-order valence-electron chi connectivity index (χ0n) is 17.3. The van der Waals surface area contributed by atoms with Crippen molar-refractivity contribution in [2.45, 2.75) is 43.8 Å². The molecule has 0 radical (unpaired) electrons. The molecule has 2 aromatic carbocycles. The highest BCUT2D eigenvalue weighted by Crippen LogP contribution is 2.54. The summed E-state index contributed by atoms with van der Waals surface area (Å²) in [6.07, 6.45) is 2.70. The Hall–Kier alpha value is -3.42. The van der Waals surface area contributed by atoms with Crippen LogP contribution in [-0.4, -0.2) is 46.7 Å². The number of nitrogens with zero attached hydrogens (tertiary/aromatic N) is 2. The van der Waals surface area contributed by atoms with Crippen molar-refractivity contribution in [2.24, 2.45) is 5.92 Å². The van der Waals surface area contributed by atoms with Gasteiger partial charge in [-0.15, -0.1) is 0 Å². The Morgan fingerprint density at radius 1 is 1.03 bits per heavy atom. The van der Waals surface area contributed by atoms with Gasteiger partial charge in [0.15, 0.2) is 6.61 Å². The van der Waals surface area contributed by atoms with Gasteiger partial charge >= 0.3 is 12.1 Å². The van der Waals surface area contributed by atoms with Crippen LogP contribution in [-0.2, 0) is 9.53 Å². The number of halogens is 1. The highest BCUT2D eigenvalue weighted by atomic mass is 19.1. The summed E-state index contributed by atoms with van der Waals surface area (Å²) in [6.45, 7) is -0.681. The Balaban J connectivity index is 1.52. The van der Waals surface area contributed by atoms with Crippen LogP contribution < -0.4 is 4.90 Å². The summed E-state index contributed by atoms with van der Waals surface area (Å²) in [5.41, 5.74) is 1.98. The maximum atomic E-state index is 13.4. The van der Waals surface area contributed by atoms with E-state index in [2.05, 4.69) is 0 Å². The minimum atomic E-state index is -1.20. The van der Waals surface area contributed by atoms with Gasteiger partial charge in [0.1, 0.15) is 5.82 Å². The van der Waals surface area contributed by atoms with Crippen molar-refractivity contribution in [2.75, 3.05) is 11.5 Å². The molecule has 2 aliphatic carbocycles. The van der Waals surface area contributed by atoms with Crippen LogP contribution >= 0.6 is 0 Å². The van der Waals surface area contributed by atoms with E-state index in [9.17, 15) is 18.8 Å². The molecule has 7 nitrogen and oxygen atoms in total. The predicted octanol–water partition coefficient (Wildman–Crippen LogP) is 3.99. The molecule has 2 saturated carbocycles. The fourth-order valence-corrected chi connectivity index (χ4v) is 4.95. The maximum Gasteiger partial charge on any atom is 0.411 e. The third-order valence-corrected chi connectivity index (χ3v) is 6.62. The normalized spacial score (nSPS) is 23.4. The van der Waals surface area contributed by atoms with Crippen molar-refractivity contribution in [3.05, 3.63) is 65.5 Å². The number of carbonyl (C=O) groups excluding carboxylic acids is 2. The lowest BCUT2D eigenvalue weighted by Crippen LogP contribution is -2.59. The molecular weight excluding hydrogens is 415 g/mol. The number of fused-ring (bicyclic) bond motifs is 2. The number of rotatable bonds is 5. The smallest absolute Gasteiger partial charge is 0.411 e. The molecule has 0 spiro atoms. The van der Waals surface area contributed by atoms with Gasteiger partial charge in [-0.25, -0.2) is 14.0 Å². The van der Waals surface area contributed by atoms with Crippen LogP contribution in [0.1, 0.15) is 47.6 Å². The average Bonchev–Trinajstić information content (AvgIpc) is 3.59. The first-order valence-corrected chi connectivity index (χ1v) is 10.8. The molecule has 3 aliphatic rings. The van der Waals surface area contributed by atoms with E-state index in [1.54, 1.807) is 9.80 Å². The topological polar surface area (TPSA) is 87.2 Å². The van der Waals surface area contributed by atoms with Crippen molar-refractivity contribution in [1.29, 1.82) is 0 Å². The lowest BCUT2D eigenvalue weighted by molar-refractivity contribution is -0.140. The van der Waals surface area contributed by atoms with Crippen molar-refractivity contribution >= 4 is 23.7 Å². The summed E-state index contributed by atoms with van der Waals surface area (Å²) in [6, 6.07) is 12.7. The number of carbonyl (C=O) groups is 3. The van der Waals surface area contributed by atoms with Crippen LogP contribution in [0.2, 0.25) is 0 Å². The van der Waals surface area contributed by atoms with Gasteiger partial charge in [-0.3, -0.25) is 9.69 Å². The number of benzene rings is 2. The molecule has 3 unspecified atom stereocenters. The fraction of sp³-hybridized carbons (Fsp3) is 0.375. The van der Waals surface area contributed by atoms with Gasteiger partial charge in [0.25, 0.3) is 5.91 Å². The van der Waals surface area contributed by atoms with Crippen LogP contribution in [0.25, 0.3) is 0 Å². The minimum Gasteiger partial charge on any atom is -0.479 e. The largest absolute Gasteiger partial charge is 0.479 e. The molecule has 166 valence electrons. The van der Waals surface area contributed by atoms with Crippen molar-refractivity contribution in [3.63, 3.8) is 0 Å². The number of hydrogen-bond acceptors (Lipinski definition) is 4. The summed E-state index contributed by atoms with van der Waals surface area (Å²) in [5.74, 6) is -1.78. The number of ether oxygens (including phenoxy) is 1. The molecule has 2 fully saturated rings. The molecule has 5 rings (SSSR count). The van der Waals surface area contributed by atoms with Crippen LogP contribution in [0.5, 0.6) is 0 Å². The summed E-state index contributed by atoms with van der Waals surface area (Å²) in [7, 11) is 0. The van der Waals surface area contributed by atoms with Gasteiger partial charge in [0.2, 0.25) is 0 Å². The Morgan fingerprint density at radius 3 is 2.38 bits per heavy atom. The lowest BCUT2D eigenvalue weighted by atomic mass is 9.68. The zero-order valence-corrected chi connectivity index (χ0v) is 17.3. The molecule has 3 atom stereocenters. The first-order valence-electron chi connectivity index (χ1n) is 10.8. The number of hydrogen-bond donors (Lipinski definition) is 1. The van der Waals surface area contributed by atoms with Gasteiger partial charge in [-0.1, -0.05) is 18.2 Å². The Bertz CT molecular complexity index is 1070. The summed E-state index contributed by atoms with van der Waals surface area (Å²) in [5, 5.41) is 8.93. The highest BCUT2D eigenvalue weighted by molar-refractivity contribution is 6.07. The standard InChI is InChI=1S/C24H23FN2O5/c25-15-7-5-14(6-8-15)23(30)27-19-4-2-1-3-17(19)22(18-11-12-20(18)27)26(16-9-10-16)24(31)32-13-21(28)29/h1-8,16,18,20,22H,9-13H2,(H,28,29). The van der Waals surface area contributed by atoms with E-state index in [0.29, 0.717) is 5.56 Å². The molecule has 0 aromatic heterocycles. The molecule has 8 heteroatoms. The predicted molar refractivity (Wildman–Crippen MR) is 113 cm³/mol. The molecule has 2 amide bonds. The molecule has 0 bridgehead atoms. The number of aliphatic carboxylic acids is 1. The molecule has 1 heterocycles. The molecule has 32 heavy (non-hydrogen) atoms. The molecule has 1 N–H and O–H groups in total. The first kappa shape index (κ1) is 20.5. The Morgan fingerprint density at radius 2 is 1.75 bits per heavy atom. The SMILES string of the molecule is O=C(O)COC(=O)N(C1CC1)C1c2ccccc2N(C(=O)c2ccc(F)cc2)C2CCC21. The number of amides is 2. The molecular formula is C24H23FN2O5. The molecule has 2 aromatic rings. The Labute approximate surface area is 184 Å². The number of carboxylic acid groups (broad SMARTS) is 1. The second kappa shape index (κ2) is 7.93. The van der Waals surface area contributed by atoms with Crippen molar-refractivity contribution < 1.29 is 28.6 Å². The van der Waals surface area contributed by atoms with E-state index in [1.807, 2.05) is 24.3 Å². The van der Waals surface area contributed by atoms with E-state index in [1.165, 1.54) is 24.3 Å². The number of para-hydroxylation sites is 1. The highest BCUT2D eigenvalue weighted by Gasteiger charge is 2.54. The van der Waals surface area contributed by atoms with Gasteiger partial charge in [0.05, 0.1) is 6.04 Å². The van der Waals surface area contributed by atoms with Crippen LogP contribution in [0.15, 0.2) is 48.5 Å². The second-order valence-electron chi connectivity index (χ2n) is 8.58. The second-order valence-corrected chi connectivity index (χ2v) is 8.58. The van der Waals surface area contributed by atoms with E-state index in [-0.39, 0.29) is 30.0 Å². The van der Waals surface area contributed by atoms with Gasteiger partial charge < -0.3 is 14.7 Å². The number of carboxylic acids is 1. The third-order valence-electron chi connectivity index (χ3n) is 6.62. The molecule has 1 aliphatic heterocycles. The Kier molecular flexibility index (Phi) is 5.07. The monoisotopic (exact) mass is 438 g/mol.